The topological polar surface area (TPSA) is 12.0 Å². The maximum Gasteiger partial charge on any atom is 0.00952 e. The highest BCUT2D eigenvalue weighted by Gasteiger charge is 2.27. The highest BCUT2D eigenvalue weighted by Crippen LogP contribution is 2.32. The van der Waals surface area contributed by atoms with E-state index in [1.807, 2.05) is 0 Å². The normalized spacial score (nSPS) is 31.6. The second kappa shape index (κ2) is 7.67. The molecule has 1 unspecified atom stereocenters. The van der Waals surface area contributed by atoms with Crippen molar-refractivity contribution in [2.24, 2.45) is 17.8 Å². The summed E-state index contributed by atoms with van der Waals surface area (Å²) in [4.78, 5) is 0. The van der Waals surface area contributed by atoms with E-state index in [-0.39, 0.29) is 0 Å². The molecule has 2 aliphatic carbocycles. The zero-order valence-electron chi connectivity index (χ0n) is 13.5. The van der Waals surface area contributed by atoms with Crippen LogP contribution in [-0.2, 0) is 0 Å². The standard InChI is InChI=1S/C18H35N/c1-4-18(16-8-6-5-7-9-16)19-17-12-10-15(11-13-17)14(2)3/h14-19H,4-13H2,1-3H3. The number of nitrogens with one attached hydrogen (secondary N) is 1. The summed E-state index contributed by atoms with van der Waals surface area (Å²) in [5, 5.41) is 4.03. The van der Waals surface area contributed by atoms with Crippen molar-refractivity contribution >= 4 is 0 Å². The molecule has 0 amide bonds. The molecule has 0 bridgehead atoms. The molecule has 1 atom stereocenters. The average Bonchev–Trinajstić information content (AvgIpc) is 2.46. The molecule has 2 aliphatic rings. The quantitative estimate of drug-likeness (QED) is 0.725. The molecular formula is C18H35N. The van der Waals surface area contributed by atoms with E-state index in [9.17, 15) is 0 Å². The first-order chi connectivity index (χ1) is 9.20. The Balaban J connectivity index is 1.76. The van der Waals surface area contributed by atoms with Crippen LogP contribution >= 0.6 is 0 Å². The largest absolute Gasteiger partial charge is 0.311 e. The van der Waals surface area contributed by atoms with Gasteiger partial charge in [-0.05, 0) is 62.7 Å². The van der Waals surface area contributed by atoms with Crippen LogP contribution in [0.1, 0.15) is 85.0 Å². The van der Waals surface area contributed by atoms with Crippen molar-refractivity contribution in [1.29, 1.82) is 0 Å². The van der Waals surface area contributed by atoms with Crippen molar-refractivity contribution < 1.29 is 0 Å². The third-order valence-corrected chi connectivity index (χ3v) is 5.82. The van der Waals surface area contributed by atoms with Gasteiger partial charge in [0.1, 0.15) is 0 Å². The van der Waals surface area contributed by atoms with Gasteiger partial charge in [0, 0.05) is 12.1 Å². The van der Waals surface area contributed by atoms with E-state index >= 15 is 0 Å². The lowest BCUT2D eigenvalue weighted by Crippen LogP contribution is -2.44. The average molecular weight is 265 g/mol. The van der Waals surface area contributed by atoms with Crippen LogP contribution in [0.3, 0.4) is 0 Å². The van der Waals surface area contributed by atoms with Gasteiger partial charge in [0.05, 0.1) is 0 Å². The van der Waals surface area contributed by atoms with Gasteiger partial charge < -0.3 is 5.32 Å². The van der Waals surface area contributed by atoms with Crippen LogP contribution in [0.5, 0.6) is 0 Å². The van der Waals surface area contributed by atoms with Gasteiger partial charge >= 0.3 is 0 Å². The SMILES string of the molecule is CCC(NC1CCC(C(C)C)CC1)C1CCCCC1. The van der Waals surface area contributed by atoms with E-state index in [2.05, 4.69) is 26.1 Å². The first kappa shape index (κ1) is 15.4. The van der Waals surface area contributed by atoms with Crippen molar-refractivity contribution in [1.82, 2.24) is 5.32 Å². The Hall–Kier alpha value is -0.0400. The van der Waals surface area contributed by atoms with Crippen molar-refractivity contribution in [3.05, 3.63) is 0 Å². The second-order valence-electron chi connectivity index (χ2n) is 7.44. The Morgan fingerprint density at radius 3 is 2.00 bits per heavy atom. The molecule has 0 aromatic carbocycles. The van der Waals surface area contributed by atoms with Crippen LogP contribution in [0.25, 0.3) is 0 Å². The van der Waals surface area contributed by atoms with Gasteiger partial charge in [-0.1, -0.05) is 40.0 Å². The van der Waals surface area contributed by atoms with Crippen LogP contribution in [0.15, 0.2) is 0 Å². The monoisotopic (exact) mass is 265 g/mol. The molecule has 0 aliphatic heterocycles. The molecule has 112 valence electrons. The van der Waals surface area contributed by atoms with Crippen molar-refractivity contribution in [2.45, 2.75) is 97.1 Å². The molecule has 0 spiro atoms. The highest BCUT2D eigenvalue weighted by molar-refractivity contribution is 4.85. The molecule has 19 heavy (non-hydrogen) atoms. The summed E-state index contributed by atoms with van der Waals surface area (Å²) in [7, 11) is 0. The van der Waals surface area contributed by atoms with Crippen LogP contribution in [0.4, 0.5) is 0 Å². The van der Waals surface area contributed by atoms with Gasteiger partial charge in [-0.25, -0.2) is 0 Å². The van der Waals surface area contributed by atoms with Gasteiger partial charge in [-0.2, -0.15) is 0 Å². The molecule has 2 fully saturated rings. The van der Waals surface area contributed by atoms with Gasteiger partial charge in [-0.3, -0.25) is 0 Å². The summed E-state index contributed by atoms with van der Waals surface area (Å²) in [5.41, 5.74) is 0. The minimum absolute atomic E-state index is 0.806. The fraction of sp³-hybridized carbons (Fsp3) is 1.00. The van der Waals surface area contributed by atoms with Crippen LogP contribution in [0, 0.1) is 17.8 Å². The molecule has 1 nitrogen and oxygen atoms in total. The maximum atomic E-state index is 4.03. The van der Waals surface area contributed by atoms with Crippen molar-refractivity contribution in [2.75, 3.05) is 0 Å². The zero-order valence-corrected chi connectivity index (χ0v) is 13.5. The van der Waals surface area contributed by atoms with E-state index in [1.54, 1.807) is 0 Å². The third kappa shape index (κ3) is 4.48. The Kier molecular flexibility index (Phi) is 6.19. The van der Waals surface area contributed by atoms with Crippen LogP contribution < -0.4 is 5.32 Å². The molecule has 2 saturated carbocycles. The fourth-order valence-corrected chi connectivity index (χ4v) is 4.38. The van der Waals surface area contributed by atoms with Crippen molar-refractivity contribution in [3.8, 4) is 0 Å². The summed E-state index contributed by atoms with van der Waals surface area (Å²) >= 11 is 0. The molecule has 1 heteroatoms. The predicted octanol–water partition coefficient (Wildman–Crippen LogP) is 5.15. The Morgan fingerprint density at radius 1 is 0.842 bits per heavy atom. The molecule has 0 radical (unpaired) electrons. The Morgan fingerprint density at radius 2 is 1.47 bits per heavy atom. The molecule has 0 aromatic heterocycles. The smallest absolute Gasteiger partial charge is 0.00952 e. The highest BCUT2D eigenvalue weighted by atomic mass is 15.0. The number of hydrogen-bond acceptors (Lipinski definition) is 1. The summed E-state index contributed by atoms with van der Waals surface area (Å²) in [6, 6.07) is 1.63. The summed E-state index contributed by atoms with van der Waals surface area (Å²) in [5.74, 6) is 2.86. The lowest BCUT2D eigenvalue weighted by Gasteiger charge is -2.37. The lowest BCUT2D eigenvalue weighted by molar-refractivity contribution is 0.193. The van der Waals surface area contributed by atoms with Gasteiger partial charge in [0.2, 0.25) is 0 Å². The van der Waals surface area contributed by atoms with E-state index in [0.29, 0.717) is 0 Å². The van der Waals surface area contributed by atoms with E-state index < -0.39 is 0 Å². The van der Waals surface area contributed by atoms with E-state index in [1.165, 1.54) is 64.2 Å². The number of hydrogen-bond donors (Lipinski definition) is 1. The predicted molar refractivity (Wildman–Crippen MR) is 84.4 cm³/mol. The summed E-state index contributed by atoms with van der Waals surface area (Å²) < 4.78 is 0. The molecule has 0 aromatic rings. The molecular weight excluding hydrogens is 230 g/mol. The summed E-state index contributed by atoms with van der Waals surface area (Å²) in [6.07, 6.45) is 14.5. The summed E-state index contributed by atoms with van der Waals surface area (Å²) in [6.45, 7) is 7.18. The van der Waals surface area contributed by atoms with Gasteiger partial charge in [0.15, 0.2) is 0 Å². The lowest BCUT2D eigenvalue weighted by atomic mass is 9.78. The third-order valence-electron chi connectivity index (χ3n) is 5.82. The van der Waals surface area contributed by atoms with E-state index in [4.69, 9.17) is 0 Å². The molecule has 0 saturated heterocycles. The Bertz CT molecular complexity index is 234. The maximum absolute atomic E-state index is 4.03. The van der Waals surface area contributed by atoms with Crippen LogP contribution in [-0.4, -0.2) is 12.1 Å². The van der Waals surface area contributed by atoms with Crippen LogP contribution in [0.2, 0.25) is 0 Å². The first-order valence-electron chi connectivity index (χ1n) is 8.96. The Labute approximate surface area is 120 Å². The van der Waals surface area contributed by atoms with Gasteiger partial charge in [-0.15, -0.1) is 0 Å². The fourth-order valence-electron chi connectivity index (χ4n) is 4.38. The second-order valence-corrected chi connectivity index (χ2v) is 7.44. The van der Waals surface area contributed by atoms with Gasteiger partial charge in [0.25, 0.3) is 0 Å². The molecule has 1 N–H and O–H groups in total. The van der Waals surface area contributed by atoms with Crippen molar-refractivity contribution in [3.63, 3.8) is 0 Å². The minimum Gasteiger partial charge on any atom is -0.311 e. The first-order valence-corrected chi connectivity index (χ1v) is 8.96. The molecule has 2 rings (SSSR count). The van der Waals surface area contributed by atoms with E-state index in [0.717, 1.165) is 29.8 Å². The molecule has 0 heterocycles. The zero-order chi connectivity index (χ0) is 13.7. The minimum atomic E-state index is 0.806. The number of rotatable bonds is 5.